The average molecular weight is 632 g/mol. The second-order valence-corrected chi connectivity index (χ2v) is 15.2. The minimum atomic E-state index is 0.356. The van der Waals surface area contributed by atoms with Gasteiger partial charge < -0.3 is 4.90 Å². The van der Waals surface area contributed by atoms with E-state index in [2.05, 4.69) is 163 Å². The van der Waals surface area contributed by atoms with Crippen LogP contribution in [0.5, 0.6) is 0 Å². The summed E-state index contributed by atoms with van der Waals surface area (Å²) in [6.07, 6.45) is 8.54. The van der Waals surface area contributed by atoms with Crippen molar-refractivity contribution >= 4 is 38.6 Å². The number of fused-ring (bicyclic) bond motifs is 3. The molecule has 0 N–H and O–H groups in total. The topological polar surface area (TPSA) is 3.24 Å². The maximum Gasteiger partial charge on any atom is 0.0464 e. The van der Waals surface area contributed by atoms with E-state index in [1.54, 1.807) is 5.56 Å². The van der Waals surface area contributed by atoms with Crippen LogP contribution in [0.25, 0.3) is 43.8 Å². The highest BCUT2D eigenvalue weighted by Crippen LogP contribution is 2.61. The number of anilines is 3. The predicted molar refractivity (Wildman–Crippen MR) is 207 cm³/mol. The van der Waals surface area contributed by atoms with Gasteiger partial charge >= 0.3 is 0 Å². The van der Waals surface area contributed by atoms with Gasteiger partial charge in [-0.05, 0) is 154 Å². The third-order valence-electron chi connectivity index (χ3n) is 12.2. The Kier molecular flexibility index (Phi) is 6.76. The van der Waals surface area contributed by atoms with Gasteiger partial charge in [-0.25, -0.2) is 0 Å². The minimum Gasteiger partial charge on any atom is -0.310 e. The van der Waals surface area contributed by atoms with Crippen LogP contribution in [0.15, 0.2) is 158 Å². The highest BCUT2D eigenvalue weighted by molar-refractivity contribution is 6.13. The first-order valence-electron chi connectivity index (χ1n) is 18.3. The molecule has 0 spiro atoms. The van der Waals surface area contributed by atoms with Crippen LogP contribution >= 0.6 is 0 Å². The molecule has 4 aliphatic carbocycles. The molecule has 0 saturated heterocycles. The highest BCUT2D eigenvalue weighted by atomic mass is 15.1. The van der Waals surface area contributed by atoms with Crippen LogP contribution in [0.3, 0.4) is 0 Å². The van der Waals surface area contributed by atoms with Gasteiger partial charge in [0.1, 0.15) is 0 Å². The third kappa shape index (κ3) is 4.98. The first kappa shape index (κ1) is 28.8. The van der Waals surface area contributed by atoms with Gasteiger partial charge in [0.25, 0.3) is 0 Å². The third-order valence-corrected chi connectivity index (χ3v) is 12.2. The van der Waals surface area contributed by atoms with E-state index in [9.17, 15) is 0 Å². The summed E-state index contributed by atoms with van der Waals surface area (Å²) in [5, 5.41) is 5.19. The van der Waals surface area contributed by atoms with Gasteiger partial charge in [-0.2, -0.15) is 0 Å². The molecule has 1 nitrogen and oxygen atoms in total. The fourth-order valence-corrected chi connectivity index (χ4v) is 10.4. The Balaban J connectivity index is 1.07. The predicted octanol–water partition coefficient (Wildman–Crippen LogP) is 13.3. The lowest BCUT2D eigenvalue weighted by molar-refractivity contribution is -0.00516. The van der Waals surface area contributed by atoms with Crippen LogP contribution in [-0.4, -0.2) is 0 Å². The van der Waals surface area contributed by atoms with Crippen LogP contribution in [0.2, 0.25) is 0 Å². The van der Waals surface area contributed by atoms with E-state index in [1.807, 2.05) is 0 Å². The second kappa shape index (κ2) is 11.5. The first-order chi connectivity index (χ1) is 24.2. The summed E-state index contributed by atoms with van der Waals surface area (Å²) in [6, 6.07) is 58.7. The molecule has 0 aliphatic heterocycles. The summed E-state index contributed by atoms with van der Waals surface area (Å²) in [4.78, 5) is 2.47. The van der Waals surface area contributed by atoms with Gasteiger partial charge in [-0.3, -0.25) is 0 Å². The maximum absolute atomic E-state index is 2.54. The summed E-state index contributed by atoms with van der Waals surface area (Å²) in [7, 11) is 0. The SMILES string of the molecule is c1ccc(-c2ccc(N(c3ccc(-c4cc5ccccc5c5ccccc45)cc3)c3cccc(C45CC6CC(CC(C6)C4)C5)c3)cc2)cc1. The average Bonchev–Trinajstić information content (AvgIpc) is 3.15. The molecule has 7 aromatic carbocycles. The lowest BCUT2D eigenvalue weighted by Crippen LogP contribution is -2.48. The molecule has 49 heavy (non-hydrogen) atoms. The molecule has 11 rings (SSSR count). The van der Waals surface area contributed by atoms with Gasteiger partial charge in [-0.15, -0.1) is 0 Å². The standard InChI is InChI=1S/C48H41N/c1-2-9-36(10-3-1)37-17-21-41(22-18-37)49(43-13-8-12-40(29-43)48-30-33-25-34(31-48)27-35(26-33)32-48)42-23-19-38(20-24-42)47-28-39-11-4-5-14-44(39)45-15-6-7-16-46(45)47/h1-24,28-29,33-35H,25-27,30-32H2. The Morgan fingerprint density at radius 1 is 0.408 bits per heavy atom. The zero-order chi connectivity index (χ0) is 32.4. The van der Waals surface area contributed by atoms with Crippen molar-refractivity contribution in [1.29, 1.82) is 0 Å². The van der Waals surface area contributed by atoms with Crippen molar-refractivity contribution in [3.05, 3.63) is 163 Å². The lowest BCUT2D eigenvalue weighted by Gasteiger charge is -2.57. The van der Waals surface area contributed by atoms with Crippen LogP contribution in [-0.2, 0) is 5.41 Å². The fraction of sp³-hybridized carbons (Fsp3) is 0.208. The molecule has 4 saturated carbocycles. The molecule has 0 amide bonds. The van der Waals surface area contributed by atoms with Crippen molar-refractivity contribution in [3.63, 3.8) is 0 Å². The van der Waals surface area contributed by atoms with E-state index in [0.717, 1.165) is 17.8 Å². The van der Waals surface area contributed by atoms with Crippen LogP contribution in [0.1, 0.15) is 44.1 Å². The Hall–Kier alpha value is -5.14. The molecule has 4 aliphatic rings. The highest BCUT2D eigenvalue weighted by Gasteiger charge is 2.51. The summed E-state index contributed by atoms with van der Waals surface area (Å²) >= 11 is 0. The second-order valence-electron chi connectivity index (χ2n) is 15.2. The molecule has 1 heteroatoms. The molecule has 0 aromatic heterocycles. The number of hydrogen-bond acceptors (Lipinski definition) is 1. The molecular weight excluding hydrogens is 591 g/mol. The van der Waals surface area contributed by atoms with Gasteiger partial charge in [0, 0.05) is 17.1 Å². The van der Waals surface area contributed by atoms with E-state index < -0.39 is 0 Å². The Bertz CT molecular complexity index is 2260. The molecule has 238 valence electrons. The number of benzene rings is 7. The molecule has 7 aromatic rings. The van der Waals surface area contributed by atoms with Crippen molar-refractivity contribution < 1.29 is 0 Å². The van der Waals surface area contributed by atoms with Crippen LogP contribution in [0, 0.1) is 17.8 Å². The summed E-state index contributed by atoms with van der Waals surface area (Å²) in [5.41, 5.74) is 10.6. The van der Waals surface area contributed by atoms with Crippen molar-refractivity contribution in [1.82, 2.24) is 0 Å². The monoisotopic (exact) mass is 631 g/mol. The number of rotatable bonds is 6. The van der Waals surface area contributed by atoms with Gasteiger partial charge in [0.15, 0.2) is 0 Å². The van der Waals surface area contributed by atoms with E-state index in [0.29, 0.717) is 5.41 Å². The van der Waals surface area contributed by atoms with Crippen molar-refractivity contribution in [3.8, 4) is 22.3 Å². The van der Waals surface area contributed by atoms with E-state index >= 15 is 0 Å². The quantitative estimate of drug-likeness (QED) is 0.165. The van der Waals surface area contributed by atoms with Gasteiger partial charge in [0.05, 0.1) is 0 Å². The number of nitrogens with zero attached hydrogens (tertiary/aromatic N) is 1. The van der Waals surface area contributed by atoms with Crippen LogP contribution < -0.4 is 4.90 Å². The molecule has 0 heterocycles. The summed E-state index contributed by atoms with van der Waals surface area (Å²) in [5.74, 6) is 2.78. The van der Waals surface area contributed by atoms with Crippen LogP contribution in [0.4, 0.5) is 17.1 Å². The Labute approximate surface area is 289 Å². The van der Waals surface area contributed by atoms with E-state index in [1.165, 1.54) is 99.4 Å². The molecule has 0 radical (unpaired) electrons. The molecule has 0 atom stereocenters. The van der Waals surface area contributed by atoms with E-state index in [4.69, 9.17) is 0 Å². The lowest BCUT2D eigenvalue weighted by atomic mass is 9.48. The van der Waals surface area contributed by atoms with Crippen molar-refractivity contribution in [2.75, 3.05) is 4.90 Å². The summed E-state index contributed by atoms with van der Waals surface area (Å²) < 4.78 is 0. The van der Waals surface area contributed by atoms with Gasteiger partial charge in [-0.1, -0.05) is 115 Å². The molecule has 4 bridgehead atoms. The fourth-order valence-electron chi connectivity index (χ4n) is 10.4. The summed E-state index contributed by atoms with van der Waals surface area (Å²) in [6.45, 7) is 0. The molecule has 4 fully saturated rings. The normalized spacial score (nSPS) is 22.5. The first-order valence-corrected chi connectivity index (χ1v) is 18.3. The Morgan fingerprint density at radius 2 is 0.959 bits per heavy atom. The smallest absolute Gasteiger partial charge is 0.0464 e. The van der Waals surface area contributed by atoms with Crippen molar-refractivity contribution in [2.24, 2.45) is 17.8 Å². The zero-order valence-electron chi connectivity index (χ0n) is 27.9. The zero-order valence-corrected chi connectivity index (χ0v) is 27.9. The van der Waals surface area contributed by atoms with E-state index in [-0.39, 0.29) is 0 Å². The molecular formula is C48H41N. The van der Waals surface area contributed by atoms with Gasteiger partial charge in [0.2, 0.25) is 0 Å². The Morgan fingerprint density at radius 3 is 1.63 bits per heavy atom. The number of hydrogen-bond donors (Lipinski definition) is 0. The largest absolute Gasteiger partial charge is 0.310 e. The maximum atomic E-state index is 2.54. The minimum absolute atomic E-state index is 0.356. The van der Waals surface area contributed by atoms with Crippen molar-refractivity contribution in [2.45, 2.75) is 43.9 Å². The molecule has 0 unspecified atom stereocenters.